The van der Waals surface area contributed by atoms with Crippen LogP contribution in [0.2, 0.25) is 0 Å². The van der Waals surface area contributed by atoms with Crippen LogP contribution >= 0.6 is 22.7 Å². The van der Waals surface area contributed by atoms with E-state index < -0.39 is 12.2 Å². The predicted octanol–water partition coefficient (Wildman–Crippen LogP) is 13.0. The van der Waals surface area contributed by atoms with Gasteiger partial charge in [-0.05, 0) is 112 Å². The zero-order valence-corrected chi connectivity index (χ0v) is 41.5. The molecule has 2 aliphatic rings. The molecule has 0 aliphatic heterocycles. The van der Waals surface area contributed by atoms with Gasteiger partial charge in [-0.3, -0.25) is 9.59 Å². The molecule has 0 amide bonds. The van der Waals surface area contributed by atoms with E-state index in [4.69, 9.17) is 18.9 Å². The smallest absolute Gasteiger partial charge is 0.348 e. The highest BCUT2D eigenvalue weighted by Gasteiger charge is 2.37. The molecule has 2 unspecified atom stereocenters. The number of benzene rings is 2. The summed E-state index contributed by atoms with van der Waals surface area (Å²) in [5.41, 5.74) is 3.84. The average Bonchev–Trinajstić information content (AvgIpc) is 4.12. The molecule has 2 N–H and O–H groups in total. The quantitative estimate of drug-likeness (QED) is 0.0514. The molecule has 2 aliphatic carbocycles. The van der Waals surface area contributed by atoms with Crippen molar-refractivity contribution in [2.45, 2.75) is 175 Å². The van der Waals surface area contributed by atoms with Gasteiger partial charge in [-0.2, -0.15) is 0 Å². The van der Waals surface area contributed by atoms with Crippen LogP contribution in [0.15, 0.2) is 72.8 Å². The molecule has 0 saturated heterocycles. The Hall–Kier alpha value is -4.04. The van der Waals surface area contributed by atoms with E-state index in [2.05, 4.69) is 13.8 Å². The molecule has 6 atom stereocenters. The molecule has 2 aromatic heterocycles. The lowest BCUT2D eigenvalue weighted by atomic mass is 9.88. The molecule has 2 aromatic carbocycles. The van der Waals surface area contributed by atoms with E-state index in [0.717, 1.165) is 96.2 Å². The fraction of sp³-hybridized carbons (Fsp3) is 0.564. The summed E-state index contributed by atoms with van der Waals surface area (Å²) in [4.78, 5) is 52.4. The molecular formula is C55H76O10S2. The van der Waals surface area contributed by atoms with Crippen LogP contribution in [-0.2, 0) is 41.8 Å². The van der Waals surface area contributed by atoms with Crippen LogP contribution in [0.4, 0.5) is 0 Å². The first-order chi connectivity index (χ1) is 31.8. The molecule has 0 radical (unpaired) electrons. The third-order valence-electron chi connectivity index (χ3n) is 12.2. The van der Waals surface area contributed by atoms with Gasteiger partial charge in [0.2, 0.25) is 0 Å². The second-order valence-corrected chi connectivity index (χ2v) is 20.6. The number of thiophene rings is 2. The molecule has 12 heteroatoms. The van der Waals surface area contributed by atoms with E-state index >= 15 is 0 Å². The summed E-state index contributed by atoms with van der Waals surface area (Å²) >= 11 is 2.77. The first-order valence-electron chi connectivity index (χ1n) is 24.1. The summed E-state index contributed by atoms with van der Waals surface area (Å²) in [5, 5.41) is 20.8. The van der Waals surface area contributed by atoms with Crippen molar-refractivity contribution >= 4 is 46.2 Å². The number of ether oxygens (including phenoxy) is 4. The van der Waals surface area contributed by atoms with Gasteiger partial charge < -0.3 is 29.2 Å². The van der Waals surface area contributed by atoms with Crippen molar-refractivity contribution < 1.29 is 48.3 Å². The molecule has 67 heavy (non-hydrogen) atoms. The highest BCUT2D eigenvalue weighted by Crippen LogP contribution is 2.39. The van der Waals surface area contributed by atoms with Gasteiger partial charge in [-0.15, -0.1) is 22.7 Å². The Morgan fingerprint density at radius 3 is 1.30 bits per heavy atom. The third-order valence-corrected chi connectivity index (χ3v) is 14.3. The Labute approximate surface area is 407 Å². The van der Waals surface area contributed by atoms with E-state index in [1.165, 1.54) is 22.7 Å². The Kier molecular flexibility index (Phi) is 23.6. The van der Waals surface area contributed by atoms with Crippen LogP contribution < -0.4 is 0 Å². The van der Waals surface area contributed by atoms with Crippen molar-refractivity contribution in [3.8, 4) is 0 Å². The average molecular weight is 961 g/mol. The van der Waals surface area contributed by atoms with Crippen molar-refractivity contribution in [2.24, 2.45) is 11.8 Å². The molecule has 2 saturated carbocycles. The highest BCUT2D eigenvalue weighted by atomic mass is 32.1. The van der Waals surface area contributed by atoms with Crippen LogP contribution in [0.5, 0.6) is 0 Å². The first-order valence-corrected chi connectivity index (χ1v) is 25.8. The van der Waals surface area contributed by atoms with E-state index in [0.29, 0.717) is 49.0 Å². The maximum atomic E-state index is 12.6. The van der Waals surface area contributed by atoms with Gasteiger partial charge in [0.15, 0.2) is 0 Å². The Bertz CT molecular complexity index is 1950. The number of unbranched alkanes of at least 4 members (excludes halogenated alkanes) is 4. The molecule has 2 fully saturated rings. The number of ketones is 2. The zero-order chi connectivity index (χ0) is 47.6. The van der Waals surface area contributed by atoms with Crippen LogP contribution in [0.3, 0.4) is 0 Å². The number of aliphatic hydroxyl groups is 2. The number of esters is 2. The number of carbonyl (C=O) groups is 4. The zero-order valence-electron chi connectivity index (χ0n) is 39.8. The van der Waals surface area contributed by atoms with E-state index in [9.17, 15) is 29.4 Å². The minimum atomic E-state index is -0.447. The standard InChI is InChI=1S/2C27H36O5S.CH4/c2*1-4-5-6-7-23(28)19-8-10-20(11-9-19)26-21(12-14-24(26)29)16-31-17-22-13-15-25(33-22)27(30)32-18(2)3;/h2*8-11,13,15,18,21,23,26,28H,4-7,12,14,16-17H2,1-3H3;1H4/t21-,23+,26?;21-,23-,26?;/m11./s1. The normalized spacial score (nSPS) is 19.0. The minimum Gasteiger partial charge on any atom is -0.459 e. The molecule has 0 bridgehead atoms. The van der Waals surface area contributed by atoms with Gasteiger partial charge in [0.25, 0.3) is 0 Å². The van der Waals surface area contributed by atoms with Gasteiger partial charge in [-0.25, -0.2) is 9.59 Å². The van der Waals surface area contributed by atoms with Gasteiger partial charge >= 0.3 is 11.9 Å². The van der Waals surface area contributed by atoms with Gasteiger partial charge in [0.1, 0.15) is 21.3 Å². The predicted molar refractivity (Wildman–Crippen MR) is 268 cm³/mol. The number of rotatable bonds is 24. The lowest BCUT2D eigenvalue weighted by Gasteiger charge is -2.20. The molecule has 368 valence electrons. The molecule has 0 spiro atoms. The van der Waals surface area contributed by atoms with E-state index in [-0.39, 0.29) is 66.8 Å². The summed E-state index contributed by atoms with van der Waals surface area (Å²) in [6, 6.07) is 23.1. The van der Waals surface area contributed by atoms with Gasteiger partial charge in [0.05, 0.1) is 50.8 Å². The lowest BCUT2D eigenvalue weighted by Crippen LogP contribution is -2.17. The fourth-order valence-corrected chi connectivity index (χ4v) is 10.4. The van der Waals surface area contributed by atoms with Crippen molar-refractivity contribution in [2.75, 3.05) is 13.2 Å². The van der Waals surface area contributed by atoms with Gasteiger partial charge in [-0.1, -0.05) is 108 Å². The Balaban J connectivity index is 0.000000288. The topological polar surface area (TPSA) is 146 Å². The van der Waals surface area contributed by atoms with Crippen LogP contribution in [0.25, 0.3) is 0 Å². The number of hydrogen-bond acceptors (Lipinski definition) is 12. The number of hydrogen-bond donors (Lipinski definition) is 2. The van der Waals surface area contributed by atoms with Crippen molar-refractivity contribution in [3.05, 3.63) is 115 Å². The molecule has 4 aromatic rings. The van der Waals surface area contributed by atoms with E-state index in [1.54, 1.807) is 12.1 Å². The van der Waals surface area contributed by atoms with Crippen molar-refractivity contribution in [3.63, 3.8) is 0 Å². The molecule has 2 heterocycles. The SMILES string of the molecule is C.CCCCC[C@@H](O)c1ccc(C2C(=O)CC[C@@H]2COCc2ccc(C(=O)OC(C)C)s2)cc1.CCCCC[C@H](O)c1ccc(C2C(=O)CC[C@@H]2COCc2ccc(C(=O)OC(C)C)s2)cc1. The molecular weight excluding hydrogens is 885 g/mol. The maximum absolute atomic E-state index is 12.6. The number of aliphatic hydroxyl groups excluding tert-OH is 2. The maximum Gasteiger partial charge on any atom is 0.348 e. The minimum absolute atomic E-state index is 0. The monoisotopic (exact) mass is 960 g/mol. The number of carbonyl (C=O) groups excluding carboxylic acids is 4. The van der Waals surface area contributed by atoms with Crippen molar-refractivity contribution in [1.82, 2.24) is 0 Å². The van der Waals surface area contributed by atoms with Gasteiger partial charge in [0, 0.05) is 34.4 Å². The summed E-state index contributed by atoms with van der Waals surface area (Å²) in [6.45, 7) is 13.5. The summed E-state index contributed by atoms with van der Waals surface area (Å²) in [5.74, 6) is -0.119. The number of Topliss-reactive ketones (excluding diaryl/α,β-unsaturated/α-hetero) is 2. The Morgan fingerprint density at radius 1 is 0.582 bits per heavy atom. The summed E-state index contributed by atoms with van der Waals surface area (Å²) < 4.78 is 22.4. The Morgan fingerprint density at radius 2 is 0.955 bits per heavy atom. The molecule has 10 nitrogen and oxygen atoms in total. The third kappa shape index (κ3) is 17.2. The first kappa shape index (κ1) is 55.6. The largest absolute Gasteiger partial charge is 0.459 e. The second-order valence-electron chi connectivity index (χ2n) is 18.3. The lowest BCUT2D eigenvalue weighted by molar-refractivity contribution is -0.120. The van der Waals surface area contributed by atoms with E-state index in [1.807, 2.05) is 88.4 Å². The van der Waals surface area contributed by atoms with Crippen LogP contribution in [0.1, 0.15) is 201 Å². The fourth-order valence-electron chi connectivity index (χ4n) is 8.76. The molecule has 6 rings (SSSR count). The summed E-state index contributed by atoms with van der Waals surface area (Å²) in [6.07, 6.45) is 9.71. The highest BCUT2D eigenvalue weighted by molar-refractivity contribution is 7.14. The van der Waals surface area contributed by atoms with Crippen LogP contribution in [-0.4, -0.2) is 59.1 Å². The van der Waals surface area contributed by atoms with Crippen molar-refractivity contribution in [1.29, 1.82) is 0 Å². The van der Waals surface area contributed by atoms with Crippen LogP contribution in [0, 0.1) is 11.8 Å². The summed E-state index contributed by atoms with van der Waals surface area (Å²) in [7, 11) is 0. The second kappa shape index (κ2) is 28.5.